The van der Waals surface area contributed by atoms with Crippen molar-refractivity contribution in [3.05, 3.63) is 88.5 Å². The van der Waals surface area contributed by atoms with Crippen molar-refractivity contribution >= 4 is 28.4 Å². The Morgan fingerprint density at radius 3 is 2.45 bits per heavy atom. The van der Waals surface area contributed by atoms with Gasteiger partial charge in [0.05, 0.1) is 28.0 Å². The molecule has 0 unspecified atom stereocenters. The first-order valence-corrected chi connectivity index (χ1v) is 10.5. The van der Waals surface area contributed by atoms with Crippen molar-refractivity contribution in [3.63, 3.8) is 0 Å². The van der Waals surface area contributed by atoms with Gasteiger partial charge in [0.15, 0.2) is 0 Å². The van der Waals surface area contributed by atoms with Crippen LogP contribution < -0.4 is 0 Å². The highest BCUT2D eigenvalue weighted by molar-refractivity contribution is 6.32. The number of hydrogen-bond donors (Lipinski definition) is 1. The van der Waals surface area contributed by atoms with Crippen LogP contribution in [0.4, 0.5) is 13.2 Å². The third-order valence-electron chi connectivity index (χ3n) is 5.19. The molecule has 2 aromatic carbocycles. The van der Waals surface area contributed by atoms with Gasteiger partial charge in [-0.2, -0.15) is 13.2 Å². The number of rotatable bonds is 7. The van der Waals surface area contributed by atoms with Crippen molar-refractivity contribution in [2.45, 2.75) is 25.4 Å². The maximum atomic E-state index is 13.4. The van der Waals surface area contributed by atoms with Crippen molar-refractivity contribution in [1.29, 1.82) is 0 Å². The standard InChI is InChI=1S/C24H19ClF3N3O2/c25-20-13-22-21(12-19(20)24(26,27)28)30-23(11-18(33)10-16-2-1-8-29-14-16)31(22)17-5-3-15(4-6-17)7-9-32/h1-6,8,12-14,32H,7,9-11H2. The summed E-state index contributed by atoms with van der Waals surface area (Å²) in [5.74, 6) is 0.155. The topological polar surface area (TPSA) is 68.0 Å². The Labute approximate surface area is 192 Å². The second-order valence-electron chi connectivity index (χ2n) is 7.58. The van der Waals surface area contributed by atoms with Gasteiger partial charge in [-0.3, -0.25) is 14.3 Å². The van der Waals surface area contributed by atoms with Crippen LogP contribution in [0.2, 0.25) is 5.02 Å². The maximum absolute atomic E-state index is 13.4. The molecule has 0 spiro atoms. The number of imidazole rings is 1. The third kappa shape index (κ3) is 5.07. The average Bonchev–Trinajstić information content (AvgIpc) is 3.10. The number of aliphatic hydroxyl groups is 1. The smallest absolute Gasteiger partial charge is 0.396 e. The zero-order valence-corrected chi connectivity index (χ0v) is 18.1. The van der Waals surface area contributed by atoms with Crippen LogP contribution in [0.15, 0.2) is 60.9 Å². The molecule has 0 amide bonds. The minimum atomic E-state index is -4.63. The lowest BCUT2D eigenvalue weighted by Gasteiger charge is -2.12. The fourth-order valence-corrected chi connectivity index (χ4v) is 3.95. The van der Waals surface area contributed by atoms with Crippen molar-refractivity contribution in [2.75, 3.05) is 6.61 Å². The Kier molecular flexibility index (Phi) is 6.49. The molecule has 0 atom stereocenters. The number of alkyl halides is 3. The summed E-state index contributed by atoms with van der Waals surface area (Å²) in [6, 6.07) is 12.8. The SMILES string of the molecule is O=C(Cc1cccnc1)Cc1nc2cc(C(F)(F)F)c(Cl)cc2n1-c1ccc(CCO)cc1. The lowest BCUT2D eigenvalue weighted by Crippen LogP contribution is -2.11. The summed E-state index contributed by atoms with van der Waals surface area (Å²) < 4.78 is 41.8. The minimum absolute atomic E-state index is 0.00270. The Morgan fingerprint density at radius 1 is 1.06 bits per heavy atom. The number of halogens is 4. The first-order valence-electron chi connectivity index (χ1n) is 10.1. The average molecular weight is 474 g/mol. The molecule has 4 rings (SSSR count). The number of carbonyl (C=O) groups excluding carboxylic acids is 1. The summed E-state index contributed by atoms with van der Waals surface area (Å²) in [6.45, 7) is -0.00270. The number of fused-ring (bicyclic) bond motifs is 1. The van der Waals surface area contributed by atoms with Gasteiger partial charge in [-0.1, -0.05) is 29.8 Å². The van der Waals surface area contributed by atoms with Crippen LogP contribution in [0.25, 0.3) is 16.7 Å². The van der Waals surface area contributed by atoms with Crippen LogP contribution in [0.3, 0.4) is 0 Å². The van der Waals surface area contributed by atoms with Gasteiger partial charge in [-0.15, -0.1) is 0 Å². The molecule has 1 N–H and O–H groups in total. The third-order valence-corrected chi connectivity index (χ3v) is 5.51. The highest BCUT2D eigenvalue weighted by Crippen LogP contribution is 2.38. The number of aromatic nitrogens is 3. The van der Waals surface area contributed by atoms with Gasteiger partial charge in [0.25, 0.3) is 0 Å². The second-order valence-corrected chi connectivity index (χ2v) is 7.98. The van der Waals surface area contributed by atoms with E-state index in [9.17, 15) is 18.0 Å². The van der Waals surface area contributed by atoms with E-state index in [0.717, 1.165) is 17.2 Å². The summed E-state index contributed by atoms with van der Waals surface area (Å²) in [6.07, 6.45) is -0.909. The van der Waals surface area contributed by atoms with Crippen LogP contribution in [-0.2, 0) is 30.2 Å². The highest BCUT2D eigenvalue weighted by Gasteiger charge is 2.34. The van der Waals surface area contributed by atoms with E-state index >= 15 is 0 Å². The van der Waals surface area contributed by atoms with Gasteiger partial charge in [0.2, 0.25) is 0 Å². The van der Waals surface area contributed by atoms with E-state index in [1.165, 1.54) is 6.07 Å². The number of aliphatic hydroxyl groups excluding tert-OH is 1. The monoisotopic (exact) mass is 473 g/mol. The van der Waals surface area contributed by atoms with E-state index in [-0.39, 0.29) is 30.7 Å². The molecule has 0 saturated heterocycles. The summed E-state index contributed by atoms with van der Waals surface area (Å²) in [7, 11) is 0. The summed E-state index contributed by atoms with van der Waals surface area (Å²) in [5, 5.41) is 8.69. The van der Waals surface area contributed by atoms with E-state index in [1.54, 1.807) is 41.2 Å². The van der Waals surface area contributed by atoms with Gasteiger partial charge in [0.1, 0.15) is 11.6 Å². The molecule has 0 radical (unpaired) electrons. The highest BCUT2D eigenvalue weighted by atomic mass is 35.5. The number of hydrogen-bond acceptors (Lipinski definition) is 4. The molecule has 5 nitrogen and oxygen atoms in total. The maximum Gasteiger partial charge on any atom is 0.417 e. The van der Waals surface area contributed by atoms with Gasteiger partial charge < -0.3 is 5.11 Å². The first-order chi connectivity index (χ1) is 15.8. The molecule has 9 heteroatoms. The summed E-state index contributed by atoms with van der Waals surface area (Å²) in [4.78, 5) is 21.1. The second kappa shape index (κ2) is 9.33. The lowest BCUT2D eigenvalue weighted by atomic mass is 10.1. The zero-order valence-electron chi connectivity index (χ0n) is 17.3. The molecule has 2 aromatic heterocycles. The van der Waals surface area contributed by atoms with Gasteiger partial charge >= 0.3 is 6.18 Å². The van der Waals surface area contributed by atoms with Crippen LogP contribution in [0.5, 0.6) is 0 Å². The predicted molar refractivity (Wildman–Crippen MR) is 119 cm³/mol. The molecule has 33 heavy (non-hydrogen) atoms. The first kappa shape index (κ1) is 22.9. The number of pyridine rings is 1. The Hall–Kier alpha value is -3.23. The Bertz CT molecular complexity index is 1290. The van der Waals surface area contributed by atoms with E-state index < -0.39 is 16.8 Å². The molecule has 0 fully saturated rings. The van der Waals surface area contributed by atoms with E-state index in [0.29, 0.717) is 23.4 Å². The van der Waals surface area contributed by atoms with E-state index in [1.807, 2.05) is 12.1 Å². The van der Waals surface area contributed by atoms with Crippen molar-refractivity contribution in [1.82, 2.24) is 14.5 Å². The molecule has 0 aliphatic carbocycles. The number of ketones is 1. The lowest BCUT2D eigenvalue weighted by molar-refractivity contribution is -0.137. The Morgan fingerprint density at radius 2 is 1.82 bits per heavy atom. The molecule has 170 valence electrons. The quantitative estimate of drug-likeness (QED) is 0.411. The summed E-state index contributed by atoms with van der Waals surface area (Å²) in [5.41, 5.74) is 1.74. The van der Waals surface area contributed by atoms with Gasteiger partial charge in [-0.25, -0.2) is 4.98 Å². The van der Waals surface area contributed by atoms with Crippen LogP contribution in [-0.4, -0.2) is 32.0 Å². The molecule has 4 aromatic rings. The van der Waals surface area contributed by atoms with Gasteiger partial charge in [-0.05, 0) is 47.9 Å². The van der Waals surface area contributed by atoms with Crippen LogP contribution in [0.1, 0.15) is 22.5 Å². The largest absolute Gasteiger partial charge is 0.417 e. The molecule has 0 aliphatic rings. The number of benzene rings is 2. The number of Topliss-reactive ketones (excluding diaryl/α,β-unsaturated/α-hetero) is 1. The Balaban J connectivity index is 1.79. The van der Waals surface area contributed by atoms with E-state index in [2.05, 4.69) is 9.97 Å². The zero-order chi connectivity index (χ0) is 23.6. The van der Waals surface area contributed by atoms with Crippen molar-refractivity contribution in [2.24, 2.45) is 0 Å². The fourth-order valence-electron chi connectivity index (χ4n) is 3.68. The van der Waals surface area contributed by atoms with Crippen LogP contribution in [0, 0.1) is 0 Å². The molecule has 0 aliphatic heterocycles. The summed E-state index contributed by atoms with van der Waals surface area (Å²) >= 11 is 5.97. The fraction of sp³-hybridized carbons (Fsp3) is 0.208. The molecule has 0 saturated carbocycles. The molecule has 0 bridgehead atoms. The normalized spacial score (nSPS) is 11.8. The molecule has 2 heterocycles. The van der Waals surface area contributed by atoms with Crippen LogP contribution >= 0.6 is 11.6 Å². The molecular formula is C24H19ClF3N3O2. The van der Waals surface area contributed by atoms with E-state index in [4.69, 9.17) is 16.7 Å². The van der Waals surface area contributed by atoms with Crippen molar-refractivity contribution in [3.8, 4) is 5.69 Å². The molecular weight excluding hydrogens is 455 g/mol. The predicted octanol–water partition coefficient (Wildman–Crippen LogP) is 4.98. The van der Waals surface area contributed by atoms with Crippen molar-refractivity contribution < 1.29 is 23.1 Å². The van der Waals surface area contributed by atoms with Gasteiger partial charge in [0, 0.05) is 31.1 Å². The number of nitrogens with zero attached hydrogens (tertiary/aromatic N) is 3. The number of carbonyl (C=O) groups is 1. The minimum Gasteiger partial charge on any atom is -0.396 e.